The van der Waals surface area contributed by atoms with Crippen LogP contribution in [0.5, 0.6) is 0 Å². The van der Waals surface area contributed by atoms with Gasteiger partial charge < -0.3 is 14.4 Å². The smallest absolute Gasteiger partial charge is 0.224 e. The summed E-state index contributed by atoms with van der Waals surface area (Å²) in [4.78, 5) is 17.5. The number of nitrogens with zero attached hydrogens (tertiary/aromatic N) is 2. The molecule has 2 aliphatic heterocycles. The predicted octanol–water partition coefficient (Wildman–Crippen LogP) is 2.91. The molecular weight excluding hydrogens is 364 g/mol. The molecule has 1 atom stereocenters. The van der Waals surface area contributed by atoms with Gasteiger partial charge in [-0.2, -0.15) is 0 Å². The molecule has 3 aliphatic rings. The van der Waals surface area contributed by atoms with Gasteiger partial charge in [0.25, 0.3) is 0 Å². The van der Waals surface area contributed by atoms with Gasteiger partial charge in [0.1, 0.15) is 0 Å². The van der Waals surface area contributed by atoms with Gasteiger partial charge in [0.15, 0.2) is 0 Å². The Morgan fingerprint density at radius 2 is 1.86 bits per heavy atom. The van der Waals surface area contributed by atoms with Gasteiger partial charge in [-0.05, 0) is 68.7 Å². The highest BCUT2D eigenvalue weighted by molar-refractivity contribution is 5.76. The number of carbonyl (C=O) groups excluding carboxylic acids is 1. The van der Waals surface area contributed by atoms with E-state index in [4.69, 9.17) is 9.47 Å². The van der Waals surface area contributed by atoms with Gasteiger partial charge >= 0.3 is 0 Å². The Hall–Kier alpha value is -1.43. The summed E-state index contributed by atoms with van der Waals surface area (Å²) in [6.45, 7) is 5.28. The van der Waals surface area contributed by atoms with Gasteiger partial charge in [0.2, 0.25) is 5.91 Å². The van der Waals surface area contributed by atoms with E-state index >= 15 is 0 Å². The maximum atomic E-state index is 12.7. The van der Waals surface area contributed by atoms with Crippen molar-refractivity contribution in [2.45, 2.75) is 57.1 Å². The number of carbonyl (C=O) groups is 1. The highest BCUT2D eigenvalue weighted by Gasteiger charge is 2.31. The fourth-order valence-electron chi connectivity index (χ4n) is 5.27. The monoisotopic (exact) mass is 400 g/mol. The van der Waals surface area contributed by atoms with Crippen molar-refractivity contribution in [1.82, 2.24) is 9.80 Å². The Kier molecular flexibility index (Phi) is 7.22. The topological polar surface area (TPSA) is 42.0 Å². The predicted molar refractivity (Wildman–Crippen MR) is 114 cm³/mol. The summed E-state index contributed by atoms with van der Waals surface area (Å²) < 4.78 is 10.9. The number of methoxy groups -OCH3 is 1. The molecule has 2 saturated heterocycles. The van der Waals surface area contributed by atoms with E-state index in [1.54, 1.807) is 7.11 Å². The Morgan fingerprint density at radius 3 is 2.48 bits per heavy atom. The standard InChI is InChI=1S/C24H36N2O3/c1-28-14-10-24(27)26(18-23-7-4-13-29-23)17-19-8-11-25(12-9-19)22-15-20-5-2-3-6-21(20)16-22/h2-3,5-6,19,22-23H,4,7-18H2,1H3. The molecule has 1 amide bonds. The number of ether oxygens (including phenoxy) is 2. The van der Waals surface area contributed by atoms with Crippen LogP contribution < -0.4 is 0 Å². The molecule has 5 heteroatoms. The second-order valence-electron chi connectivity index (χ2n) is 8.99. The Labute approximate surface area is 175 Å². The third-order valence-corrected chi connectivity index (χ3v) is 6.99. The van der Waals surface area contributed by atoms with Crippen molar-refractivity contribution < 1.29 is 14.3 Å². The van der Waals surface area contributed by atoms with E-state index in [0.717, 1.165) is 45.6 Å². The lowest BCUT2D eigenvalue weighted by molar-refractivity contribution is -0.134. The summed E-state index contributed by atoms with van der Waals surface area (Å²) in [5, 5.41) is 0. The number of hydrogen-bond acceptors (Lipinski definition) is 4. The van der Waals surface area contributed by atoms with Crippen LogP contribution in [-0.4, -0.2) is 74.4 Å². The number of fused-ring (bicyclic) bond motifs is 1. The van der Waals surface area contributed by atoms with Crippen LogP contribution in [-0.2, 0) is 27.1 Å². The number of rotatable bonds is 8. The first-order chi connectivity index (χ1) is 14.2. The van der Waals surface area contributed by atoms with E-state index in [1.807, 2.05) is 0 Å². The molecule has 2 heterocycles. The lowest BCUT2D eigenvalue weighted by Crippen LogP contribution is -2.46. The molecule has 0 N–H and O–H groups in total. The SMILES string of the molecule is COCCC(=O)N(CC1CCN(C2Cc3ccccc3C2)CC1)CC1CCCO1. The van der Waals surface area contributed by atoms with Crippen LogP contribution in [0.25, 0.3) is 0 Å². The van der Waals surface area contributed by atoms with Crippen LogP contribution in [0.1, 0.15) is 43.2 Å². The largest absolute Gasteiger partial charge is 0.384 e. The van der Waals surface area contributed by atoms with E-state index in [9.17, 15) is 4.79 Å². The molecule has 0 bridgehead atoms. The minimum Gasteiger partial charge on any atom is -0.384 e. The van der Waals surface area contributed by atoms with Crippen molar-refractivity contribution in [3.8, 4) is 0 Å². The number of piperidine rings is 1. The van der Waals surface area contributed by atoms with Crippen molar-refractivity contribution >= 4 is 5.91 Å². The van der Waals surface area contributed by atoms with Gasteiger partial charge in [-0.25, -0.2) is 0 Å². The van der Waals surface area contributed by atoms with E-state index in [-0.39, 0.29) is 12.0 Å². The second-order valence-corrected chi connectivity index (χ2v) is 8.99. The highest BCUT2D eigenvalue weighted by Crippen LogP contribution is 2.29. The molecular formula is C24H36N2O3. The number of likely N-dealkylation sites (tertiary alicyclic amines) is 1. The zero-order chi connectivity index (χ0) is 20.1. The quantitative estimate of drug-likeness (QED) is 0.673. The molecule has 1 aliphatic carbocycles. The fraction of sp³-hybridized carbons (Fsp3) is 0.708. The molecule has 0 saturated carbocycles. The summed E-state index contributed by atoms with van der Waals surface area (Å²) in [5.74, 6) is 0.818. The van der Waals surface area contributed by atoms with Crippen molar-refractivity contribution in [2.24, 2.45) is 5.92 Å². The molecule has 0 spiro atoms. The maximum absolute atomic E-state index is 12.7. The first-order valence-corrected chi connectivity index (χ1v) is 11.4. The molecule has 0 radical (unpaired) electrons. The first kappa shape index (κ1) is 20.8. The van der Waals surface area contributed by atoms with Gasteiger partial charge in [-0.3, -0.25) is 9.69 Å². The average Bonchev–Trinajstić information content (AvgIpc) is 3.41. The molecule has 5 nitrogen and oxygen atoms in total. The lowest BCUT2D eigenvalue weighted by atomic mass is 9.94. The van der Waals surface area contributed by atoms with Gasteiger partial charge in [0.05, 0.1) is 19.1 Å². The van der Waals surface area contributed by atoms with E-state index in [2.05, 4.69) is 34.1 Å². The fourth-order valence-corrected chi connectivity index (χ4v) is 5.27. The molecule has 29 heavy (non-hydrogen) atoms. The first-order valence-electron chi connectivity index (χ1n) is 11.4. The number of hydrogen-bond donors (Lipinski definition) is 0. The van der Waals surface area contributed by atoms with E-state index in [1.165, 1.54) is 36.8 Å². The van der Waals surface area contributed by atoms with Crippen LogP contribution in [0, 0.1) is 5.92 Å². The van der Waals surface area contributed by atoms with Gasteiger partial charge in [-0.15, -0.1) is 0 Å². The zero-order valence-electron chi connectivity index (χ0n) is 17.9. The third kappa shape index (κ3) is 5.39. The Bertz CT molecular complexity index is 641. The van der Waals surface area contributed by atoms with Crippen LogP contribution >= 0.6 is 0 Å². The average molecular weight is 401 g/mol. The van der Waals surface area contributed by atoms with Crippen molar-refractivity contribution in [1.29, 1.82) is 0 Å². The Morgan fingerprint density at radius 1 is 1.14 bits per heavy atom. The highest BCUT2D eigenvalue weighted by atomic mass is 16.5. The maximum Gasteiger partial charge on any atom is 0.224 e. The Balaban J connectivity index is 1.27. The van der Waals surface area contributed by atoms with Crippen LogP contribution in [0.2, 0.25) is 0 Å². The van der Waals surface area contributed by atoms with E-state index < -0.39 is 0 Å². The van der Waals surface area contributed by atoms with Crippen LogP contribution in [0.15, 0.2) is 24.3 Å². The van der Waals surface area contributed by atoms with Gasteiger partial charge in [0, 0.05) is 32.8 Å². The molecule has 0 aromatic heterocycles. The van der Waals surface area contributed by atoms with Crippen LogP contribution in [0.3, 0.4) is 0 Å². The molecule has 2 fully saturated rings. The minimum absolute atomic E-state index is 0.219. The third-order valence-electron chi connectivity index (χ3n) is 6.99. The molecule has 4 rings (SSSR count). The number of amides is 1. The summed E-state index contributed by atoms with van der Waals surface area (Å²) in [6, 6.07) is 9.57. The van der Waals surface area contributed by atoms with Crippen molar-refractivity contribution in [2.75, 3.05) is 46.5 Å². The number of benzene rings is 1. The zero-order valence-corrected chi connectivity index (χ0v) is 17.9. The summed E-state index contributed by atoms with van der Waals surface area (Å²) in [5.41, 5.74) is 3.07. The summed E-state index contributed by atoms with van der Waals surface area (Å²) in [7, 11) is 1.66. The van der Waals surface area contributed by atoms with Crippen LogP contribution in [0.4, 0.5) is 0 Å². The van der Waals surface area contributed by atoms with Gasteiger partial charge in [-0.1, -0.05) is 24.3 Å². The molecule has 1 unspecified atom stereocenters. The molecule has 160 valence electrons. The lowest BCUT2D eigenvalue weighted by Gasteiger charge is -2.38. The van der Waals surface area contributed by atoms with E-state index in [0.29, 0.717) is 25.0 Å². The molecule has 1 aromatic rings. The molecule has 1 aromatic carbocycles. The van der Waals surface area contributed by atoms with Crippen molar-refractivity contribution in [3.05, 3.63) is 35.4 Å². The summed E-state index contributed by atoms with van der Waals surface area (Å²) in [6.07, 6.45) is 7.66. The minimum atomic E-state index is 0.219. The second kappa shape index (κ2) is 10.1. The summed E-state index contributed by atoms with van der Waals surface area (Å²) >= 11 is 0. The van der Waals surface area contributed by atoms with Crippen molar-refractivity contribution in [3.63, 3.8) is 0 Å². The normalized spacial score (nSPS) is 23.4.